The van der Waals surface area contributed by atoms with Crippen molar-refractivity contribution in [3.05, 3.63) is 0 Å². The average molecular weight is 499 g/mol. The van der Waals surface area contributed by atoms with Crippen molar-refractivity contribution in [1.29, 1.82) is 0 Å². The first-order valence-electron chi connectivity index (χ1n) is 16.0. The van der Waals surface area contributed by atoms with Crippen LogP contribution in [0.25, 0.3) is 0 Å². The lowest BCUT2D eigenvalue weighted by molar-refractivity contribution is 0.0408. The van der Waals surface area contributed by atoms with Gasteiger partial charge in [0.15, 0.2) is 0 Å². The highest BCUT2D eigenvalue weighted by atomic mass is 16.3. The van der Waals surface area contributed by atoms with Gasteiger partial charge in [0.2, 0.25) is 0 Å². The highest BCUT2D eigenvalue weighted by Crippen LogP contribution is 2.15. The lowest BCUT2D eigenvalue weighted by Gasteiger charge is -2.24. The quantitative estimate of drug-likeness (QED) is 0.0686. The van der Waals surface area contributed by atoms with E-state index in [9.17, 15) is 5.11 Å². The molecule has 1 unspecified atom stereocenters. The largest absolute Gasteiger partial charge is 0.394 e. The number of hydrazine groups is 1. The van der Waals surface area contributed by atoms with Crippen molar-refractivity contribution in [2.45, 2.75) is 174 Å². The Balaban J connectivity index is 3.19. The number of nitrogens with zero attached hydrogens (tertiary/aromatic N) is 1. The van der Waals surface area contributed by atoms with Crippen molar-refractivity contribution >= 4 is 0 Å². The van der Waals surface area contributed by atoms with Crippen LogP contribution in [0.15, 0.2) is 0 Å². The van der Waals surface area contributed by atoms with Gasteiger partial charge in [0.25, 0.3) is 0 Å². The molecule has 3 N–H and O–H groups in total. The molecule has 0 aliphatic heterocycles. The number of hydrogen-bond acceptors (Lipinski definition) is 4. The third kappa shape index (κ3) is 28.3. The van der Waals surface area contributed by atoms with Crippen molar-refractivity contribution in [1.82, 2.24) is 10.4 Å². The molecule has 0 spiro atoms. The van der Waals surface area contributed by atoms with Crippen LogP contribution in [0.5, 0.6) is 0 Å². The molecular formula is C31H66N2O2. The molecule has 4 nitrogen and oxygen atoms in total. The fourth-order valence-electron chi connectivity index (χ4n) is 5.04. The molecule has 0 aromatic rings. The monoisotopic (exact) mass is 499 g/mol. The number of aliphatic hydroxyl groups excluding tert-OH is 2. The standard InChI is InChI=1S/C31H66N2O2/c1-3-5-6-7-8-9-10-11-12-13-14-15-16-17-18-19-20-21-22-23-24-25-26-27-28-33(32-4-2)29-31(35)30-34/h31-32,34-35H,3-30H2,1-2H3. The molecule has 0 aliphatic rings. The third-order valence-electron chi connectivity index (χ3n) is 7.31. The zero-order valence-corrected chi connectivity index (χ0v) is 24.2. The molecule has 1 atom stereocenters. The van der Waals surface area contributed by atoms with Gasteiger partial charge in [-0.15, -0.1) is 0 Å². The molecule has 0 heterocycles. The van der Waals surface area contributed by atoms with Crippen LogP contribution in [-0.2, 0) is 0 Å². The van der Waals surface area contributed by atoms with Crippen LogP contribution in [0.1, 0.15) is 168 Å². The van der Waals surface area contributed by atoms with Gasteiger partial charge in [0.1, 0.15) is 0 Å². The molecular weight excluding hydrogens is 432 g/mol. The summed E-state index contributed by atoms with van der Waals surface area (Å²) >= 11 is 0. The maximum Gasteiger partial charge on any atom is 0.0911 e. The summed E-state index contributed by atoms with van der Waals surface area (Å²) in [7, 11) is 0. The van der Waals surface area contributed by atoms with E-state index in [4.69, 9.17) is 5.11 Å². The summed E-state index contributed by atoms with van der Waals surface area (Å²) in [6, 6.07) is 0. The van der Waals surface area contributed by atoms with Gasteiger partial charge in [-0.3, -0.25) is 5.43 Å². The smallest absolute Gasteiger partial charge is 0.0911 e. The van der Waals surface area contributed by atoms with Gasteiger partial charge < -0.3 is 10.2 Å². The van der Waals surface area contributed by atoms with Crippen LogP contribution in [0.2, 0.25) is 0 Å². The number of nitrogens with one attached hydrogen (secondary N) is 1. The van der Waals surface area contributed by atoms with Gasteiger partial charge in [-0.1, -0.05) is 162 Å². The van der Waals surface area contributed by atoms with E-state index in [1.165, 1.54) is 148 Å². The van der Waals surface area contributed by atoms with Crippen molar-refractivity contribution in [3.8, 4) is 0 Å². The molecule has 0 aliphatic carbocycles. The molecule has 212 valence electrons. The Morgan fingerprint density at radius 2 is 0.829 bits per heavy atom. The summed E-state index contributed by atoms with van der Waals surface area (Å²) in [5.74, 6) is 0. The Hall–Kier alpha value is -0.160. The zero-order valence-electron chi connectivity index (χ0n) is 24.2. The second-order valence-corrected chi connectivity index (χ2v) is 10.9. The Kier molecular flexibility index (Phi) is 29.9. The predicted octanol–water partition coefficient (Wildman–Crippen LogP) is 8.55. The van der Waals surface area contributed by atoms with E-state index in [1.54, 1.807) is 0 Å². The lowest BCUT2D eigenvalue weighted by atomic mass is 10.0. The maximum atomic E-state index is 9.61. The van der Waals surface area contributed by atoms with Crippen molar-refractivity contribution < 1.29 is 10.2 Å². The van der Waals surface area contributed by atoms with Crippen LogP contribution in [0.3, 0.4) is 0 Å². The summed E-state index contributed by atoms with van der Waals surface area (Å²) in [5, 5.41) is 20.7. The minimum Gasteiger partial charge on any atom is -0.394 e. The summed E-state index contributed by atoms with van der Waals surface area (Å²) in [4.78, 5) is 0. The Morgan fingerprint density at radius 3 is 1.11 bits per heavy atom. The maximum absolute atomic E-state index is 9.61. The Labute approximate surface area is 221 Å². The highest BCUT2D eigenvalue weighted by Gasteiger charge is 2.09. The highest BCUT2D eigenvalue weighted by molar-refractivity contribution is 4.60. The van der Waals surface area contributed by atoms with Crippen LogP contribution in [0.4, 0.5) is 0 Å². The molecule has 35 heavy (non-hydrogen) atoms. The number of hydrogen-bond donors (Lipinski definition) is 3. The van der Waals surface area contributed by atoms with Gasteiger partial charge in [-0.2, -0.15) is 0 Å². The molecule has 0 radical (unpaired) electrons. The first kappa shape index (κ1) is 34.8. The minimum absolute atomic E-state index is 0.165. The first-order valence-corrected chi connectivity index (χ1v) is 16.0. The van der Waals surface area contributed by atoms with E-state index in [0.29, 0.717) is 6.54 Å². The average Bonchev–Trinajstić information content (AvgIpc) is 2.86. The van der Waals surface area contributed by atoms with E-state index in [-0.39, 0.29) is 6.61 Å². The normalized spacial score (nSPS) is 12.6. The van der Waals surface area contributed by atoms with Gasteiger partial charge in [-0.25, -0.2) is 5.01 Å². The number of unbranched alkanes of at least 4 members (excludes halogenated alkanes) is 23. The van der Waals surface area contributed by atoms with Gasteiger partial charge in [0.05, 0.1) is 12.7 Å². The summed E-state index contributed by atoms with van der Waals surface area (Å²) < 4.78 is 0. The molecule has 0 rings (SSSR count). The molecule has 0 aromatic heterocycles. The second kappa shape index (κ2) is 30.1. The van der Waals surface area contributed by atoms with Crippen LogP contribution < -0.4 is 5.43 Å². The fraction of sp³-hybridized carbons (Fsp3) is 1.00. The summed E-state index contributed by atoms with van der Waals surface area (Å²) in [5.41, 5.74) is 3.28. The predicted molar refractivity (Wildman–Crippen MR) is 155 cm³/mol. The third-order valence-corrected chi connectivity index (χ3v) is 7.31. The van der Waals surface area contributed by atoms with Crippen LogP contribution in [-0.4, -0.2) is 47.6 Å². The SMILES string of the molecule is CCCCCCCCCCCCCCCCCCCCCCCCCCN(CC(O)CO)NCC. The summed E-state index contributed by atoms with van der Waals surface area (Å²) in [6.45, 7) is 6.51. The second-order valence-electron chi connectivity index (χ2n) is 10.9. The minimum atomic E-state index is -0.650. The molecule has 0 saturated heterocycles. The molecule has 0 fully saturated rings. The number of rotatable bonds is 30. The first-order chi connectivity index (χ1) is 17.2. The van der Waals surface area contributed by atoms with E-state index in [2.05, 4.69) is 24.3 Å². The zero-order chi connectivity index (χ0) is 25.7. The molecule has 4 heteroatoms. The Bertz CT molecular complexity index is 381. The van der Waals surface area contributed by atoms with Gasteiger partial charge in [-0.05, 0) is 6.42 Å². The Morgan fingerprint density at radius 1 is 0.514 bits per heavy atom. The topological polar surface area (TPSA) is 55.7 Å². The van der Waals surface area contributed by atoms with E-state index < -0.39 is 6.10 Å². The van der Waals surface area contributed by atoms with E-state index in [0.717, 1.165) is 19.5 Å². The lowest BCUT2D eigenvalue weighted by Crippen LogP contribution is -2.44. The van der Waals surface area contributed by atoms with Crippen molar-refractivity contribution in [2.24, 2.45) is 0 Å². The molecule has 0 saturated carbocycles. The van der Waals surface area contributed by atoms with Gasteiger partial charge in [0, 0.05) is 19.6 Å². The fourth-order valence-corrected chi connectivity index (χ4v) is 5.04. The molecule has 0 amide bonds. The van der Waals surface area contributed by atoms with Crippen LogP contribution in [0, 0.1) is 0 Å². The summed E-state index contributed by atoms with van der Waals surface area (Å²) in [6.07, 6.45) is 33.4. The molecule has 0 aromatic carbocycles. The van der Waals surface area contributed by atoms with Gasteiger partial charge >= 0.3 is 0 Å². The van der Waals surface area contributed by atoms with Crippen LogP contribution >= 0.6 is 0 Å². The van der Waals surface area contributed by atoms with E-state index >= 15 is 0 Å². The van der Waals surface area contributed by atoms with E-state index in [1.807, 2.05) is 0 Å². The van der Waals surface area contributed by atoms with Crippen molar-refractivity contribution in [3.63, 3.8) is 0 Å². The molecule has 0 bridgehead atoms. The number of aliphatic hydroxyl groups is 2. The van der Waals surface area contributed by atoms with Crippen molar-refractivity contribution in [2.75, 3.05) is 26.2 Å².